The van der Waals surface area contributed by atoms with E-state index in [1.807, 2.05) is 45.0 Å². The van der Waals surface area contributed by atoms with E-state index in [1.54, 1.807) is 0 Å². The summed E-state index contributed by atoms with van der Waals surface area (Å²) in [6, 6.07) is 7.42. The maximum Gasteiger partial charge on any atom is 0.119 e. The van der Waals surface area contributed by atoms with Crippen LogP contribution in [0.4, 0.5) is 0 Å². The number of benzene rings is 1. The van der Waals surface area contributed by atoms with Gasteiger partial charge in [0.25, 0.3) is 0 Å². The highest BCUT2D eigenvalue weighted by atomic mass is 16.5. The lowest BCUT2D eigenvalue weighted by molar-refractivity contribution is 0.101. The van der Waals surface area contributed by atoms with Crippen LogP contribution in [0.5, 0.6) is 5.75 Å². The number of aliphatic hydroxyl groups is 2. The minimum absolute atomic E-state index is 0.0687. The standard InChI is InChI=1S/C15H25NO3/c1-4-19-13-7-5-12(6-8-13)15(18)14(11(2)3)16-9-10-17/h5-8,11,14-18H,4,9-10H2,1-3H3. The van der Waals surface area contributed by atoms with Crippen molar-refractivity contribution in [3.05, 3.63) is 29.8 Å². The van der Waals surface area contributed by atoms with E-state index in [4.69, 9.17) is 9.84 Å². The van der Waals surface area contributed by atoms with E-state index in [-0.39, 0.29) is 18.6 Å². The van der Waals surface area contributed by atoms with Gasteiger partial charge in [-0.3, -0.25) is 0 Å². The molecular formula is C15H25NO3. The molecule has 4 heteroatoms. The normalized spacial score (nSPS) is 14.4. The second-order valence-corrected chi connectivity index (χ2v) is 4.89. The molecule has 0 aliphatic carbocycles. The fourth-order valence-electron chi connectivity index (χ4n) is 2.08. The van der Waals surface area contributed by atoms with Crippen LogP contribution in [-0.2, 0) is 0 Å². The van der Waals surface area contributed by atoms with E-state index in [1.165, 1.54) is 0 Å². The van der Waals surface area contributed by atoms with Crippen molar-refractivity contribution in [1.29, 1.82) is 0 Å². The Kier molecular flexibility index (Phi) is 6.84. The fourth-order valence-corrected chi connectivity index (χ4v) is 2.08. The van der Waals surface area contributed by atoms with Crippen molar-refractivity contribution >= 4 is 0 Å². The van der Waals surface area contributed by atoms with Gasteiger partial charge in [-0.05, 0) is 30.5 Å². The van der Waals surface area contributed by atoms with Crippen LogP contribution in [0.2, 0.25) is 0 Å². The highest BCUT2D eigenvalue weighted by Crippen LogP contribution is 2.24. The molecule has 0 spiro atoms. The molecule has 19 heavy (non-hydrogen) atoms. The molecule has 4 nitrogen and oxygen atoms in total. The van der Waals surface area contributed by atoms with Crippen LogP contribution in [-0.4, -0.2) is 36.0 Å². The molecule has 108 valence electrons. The van der Waals surface area contributed by atoms with Crippen LogP contribution in [0.3, 0.4) is 0 Å². The van der Waals surface area contributed by atoms with Crippen LogP contribution < -0.4 is 10.1 Å². The Balaban J connectivity index is 2.74. The molecule has 0 radical (unpaired) electrons. The van der Waals surface area contributed by atoms with Gasteiger partial charge in [0.05, 0.1) is 19.3 Å². The molecule has 1 aromatic carbocycles. The van der Waals surface area contributed by atoms with Gasteiger partial charge in [-0.25, -0.2) is 0 Å². The summed E-state index contributed by atoms with van der Waals surface area (Å²) in [7, 11) is 0. The van der Waals surface area contributed by atoms with Crippen molar-refractivity contribution in [3.8, 4) is 5.75 Å². The first-order valence-electron chi connectivity index (χ1n) is 6.85. The Morgan fingerprint density at radius 3 is 2.32 bits per heavy atom. The predicted octanol–water partition coefficient (Wildman–Crippen LogP) is 1.73. The van der Waals surface area contributed by atoms with Crippen LogP contribution in [0.1, 0.15) is 32.4 Å². The van der Waals surface area contributed by atoms with Gasteiger partial charge in [-0.15, -0.1) is 0 Å². The molecule has 0 bridgehead atoms. The molecule has 1 aromatic rings. The van der Waals surface area contributed by atoms with Crippen molar-refractivity contribution in [3.63, 3.8) is 0 Å². The van der Waals surface area contributed by atoms with Crippen molar-refractivity contribution in [2.75, 3.05) is 19.8 Å². The maximum absolute atomic E-state index is 10.4. The molecule has 0 aliphatic rings. The van der Waals surface area contributed by atoms with Crippen molar-refractivity contribution in [2.45, 2.75) is 32.9 Å². The summed E-state index contributed by atoms with van der Waals surface area (Å²) in [5.41, 5.74) is 0.854. The van der Waals surface area contributed by atoms with E-state index in [9.17, 15) is 5.11 Å². The fraction of sp³-hybridized carbons (Fsp3) is 0.600. The van der Waals surface area contributed by atoms with Gasteiger partial charge in [0, 0.05) is 12.6 Å². The molecule has 0 amide bonds. The Labute approximate surface area is 115 Å². The Morgan fingerprint density at radius 1 is 1.21 bits per heavy atom. The molecule has 0 fully saturated rings. The van der Waals surface area contributed by atoms with E-state index < -0.39 is 6.10 Å². The number of rotatable bonds is 8. The molecule has 0 saturated heterocycles. The second-order valence-electron chi connectivity index (χ2n) is 4.89. The Bertz CT molecular complexity index is 351. The SMILES string of the molecule is CCOc1ccc(C(O)C(NCCO)C(C)C)cc1. The van der Waals surface area contributed by atoms with Gasteiger partial charge in [-0.2, -0.15) is 0 Å². The van der Waals surface area contributed by atoms with Crippen LogP contribution >= 0.6 is 0 Å². The Hall–Kier alpha value is -1.10. The molecule has 0 aromatic heterocycles. The number of nitrogens with one attached hydrogen (secondary N) is 1. The monoisotopic (exact) mass is 267 g/mol. The van der Waals surface area contributed by atoms with Crippen LogP contribution in [0.25, 0.3) is 0 Å². The lowest BCUT2D eigenvalue weighted by Gasteiger charge is -2.27. The molecule has 3 N–H and O–H groups in total. The molecule has 2 atom stereocenters. The lowest BCUT2D eigenvalue weighted by Crippen LogP contribution is -2.40. The number of hydrogen-bond acceptors (Lipinski definition) is 4. The molecule has 1 rings (SSSR count). The summed E-state index contributed by atoms with van der Waals surface area (Å²) < 4.78 is 5.38. The largest absolute Gasteiger partial charge is 0.494 e. The van der Waals surface area contributed by atoms with E-state index >= 15 is 0 Å². The zero-order chi connectivity index (χ0) is 14.3. The number of ether oxygens (including phenoxy) is 1. The number of hydrogen-bond donors (Lipinski definition) is 3. The molecule has 2 unspecified atom stereocenters. The average Bonchev–Trinajstić information content (AvgIpc) is 2.40. The first-order chi connectivity index (χ1) is 9.10. The smallest absolute Gasteiger partial charge is 0.119 e. The molecule has 0 saturated carbocycles. The summed E-state index contributed by atoms with van der Waals surface area (Å²) in [6.45, 7) is 7.22. The maximum atomic E-state index is 10.4. The third-order valence-corrected chi connectivity index (χ3v) is 3.08. The van der Waals surface area contributed by atoms with Gasteiger partial charge in [0.1, 0.15) is 5.75 Å². The summed E-state index contributed by atoms with van der Waals surface area (Å²) in [6.07, 6.45) is -0.595. The van der Waals surface area contributed by atoms with E-state index in [0.29, 0.717) is 13.2 Å². The highest BCUT2D eigenvalue weighted by Gasteiger charge is 2.23. The van der Waals surface area contributed by atoms with Crippen LogP contribution in [0.15, 0.2) is 24.3 Å². The van der Waals surface area contributed by atoms with Gasteiger partial charge >= 0.3 is 0 Å². The minimum Gasteiger partial charge on any atom is -0.494 e. The molecular weight excluding hydrogens is 242 g/mol. The summed E-state index contributed by atoms with van der Waals surface area (Å²) in [4.78, 5) is 0. The highest BCUT2D eigenvalue weighted by molar-refractivity contribution is 5.29. The first kappa shape index (κ1) is 16.0. The van der Waals surface area contributed by atoms with Gasteiger partial charge in [0.2, 0.25) is 0 Å². The van der Waals surface area contributed by atoms with Gasteiger partial charge in [0.15, 0.2) is 0 Å². The summed E-state index contributed by atoms with van der Waals surface area (Å²) in [5.74, 6) is 1.08. The second kappa shape index (κ2) is 8.15. The summed E-state index contributed by atoms with van der Waals surface area (Å²) in [5, 5.41) is 22.5. The van der Waals surface area contributed by atoms with E-state index in [2.05, 4.69) is 5.32 Å². The predicted molar refractivity (Wildman–Crippen MR) is 76.3 cm³/mol. The lowest BCUT2D eigenvalue weighted by atomic mass is 9.93. The van der Waals surface area contributed by atoms with Crippen molar-refractivity contribution in [1.82, 2.24) is 5.32 Å². The Morgan fingerprint density at radius 2 is 1.84 bits per heavy atom. The van der Waals surface area contributed by atoms with E-state index in [0.717, 1.165) is 11.3 Å². The summed E-state index contributed by atoms with van der Waals surface area (Å²) >= 11 is 0. The third kappa shape index (κ3) is 4.82. The van der Waals surface area contributed by atoms with Crippen molar-refractivity contribution < 1.29 is 14.9 Å². The quantitative estimate of drug-likeness (QED) is 0.671. The topological polar surface area (TPSA) is 61.7 Å². The van der Waals surface area contributed by atoms with Crippen LogP contribution in [0, 0.1) is 5.92 Å². The molecule has 0 heterocycles. The average molecular weight is 267 g/mol. The zero-order valence-electron chi connectivity index (χ0n) is 12.0. The minimum atomic E-state index is -0.595. The number of aliphatic hydroxyl groups excluding tert-OH is 2. The molecule has 0 aliphatic heterocycles. The van der Waals surface area contributed by atoms with Gasteiger partial charge in [-0.1, -0.05) is 26.0 Å². The first-order valence-corrected chi connectivity index (χ1v) is 6.85. The zero-order valence-corrected chi connectivity index (χ0v) is 12.0. The third-order valence-electron chi connectivity index (χ3n) is 3.08. The van der Waals surface area contributed by atoms with Crippen molar-refractivity contribution in [2.24, 2.45) is 5.92 Å². The van der Waals surface area contributed by atoms with Gasteiger partial charge < -0.3 is 20.3 Å².